The number of hydrogen-bond donors (Lipinski definition) is 2. The molecule has 0 aromatic heterocycles. The van der Waals surface area contributed by atoms with E-state index in [9.17, 15) is 10.1 Å². The lowest BCUT2D eigenvalue weighted by Crippen LogP contribution is -2.41. The average Bonchev–Trinajstić information content (AvgIpc) is 2.64. The Morgan fingerprint density at radius 3 is 2.44 bits per heavy atom. The molecule has 0 saturated heterocycles. The minimum Gasteiger partial charge on any atom is -0.489 e. The van der Waals surface area contributed by atoms with Crippen LogP contribution < -0.4 is 15.4 Å². The lowest BCUT2D eigenvalue weighted by Gasteiger charge is -2.18. The first kappa shape index (κ1) is 22.7. The topological polar surface area (TPSA) is 88.8 Å². The van der Waals surface area contributed by atoms with Gasteiger partial charge in [0.25, 0.3) is 5.69 Å². The number of nitro benzene ring substituents is 1. The van der Waals surface area contributed by atoms with Crippen LogP contribution in [0.1, 0.15) is 18.1 Å². The van der Waals surface area contributed by atoms with Crippen molar-refractivity contribution in [3.8, 4) is 5.75 Å². The molecule has 146 valence electrons. The summed E-state index contributed by atoms with van der Waals surface area (Å²) in [7, 11) is 1.69. The van der Waals surface area contributed by atoms with E-state index in [2.05, 4.69) is 15.6 Å². The fraction of sp³-hybridized carbons (Fsp3) is 0.316. The molecule has 2 aromatic carbocycles. The molecular weight excluding hydrogens is 459 g/mol. The van der Waals surface area contributed by atoms with Gasteiger partial charge in [-0.15, -0.1) is 24.0 Å². The highest BCUT2D eigenvalue weighted by Crippen LogP contribution is 2.17. The minimum atomic E-state index is -0.409. The van der Waals surface area contributed by atoms with E-state index in [-0.39, 0.29) is 35.8 Å². The molecule has 0 aliphatic heterocycles. The van der Waals surface area contributed by atoms with Crippen LogP contribution in [0.15, 0.2) is 53.5 Å². The van der Waals surface area contributed by atoms with Crippen molar-refractivity contribution in [2.24, 2.45) is 4.99 Å². The van der Waals surface area contributed by atoms with Crippen molar-refractivity contribution < 1.29 is 9.66 Å². The first-order chi connectivity index (χ1) is 12.5. The second-order valence-corrected chi connectivity index (χ2v) is 5.92. The van der Waals surface area contributed by atoms with Gasteiger partial charge >= 0.3 is 0 Å². The van der Waals surface area contributed by atoms with Crippen molar-refractivity contribution in [2.75, 3.05) is 13.6 Å². The third kappa shape index (κ3) is 7.41. The number of ether oxygens (including phenoxy) is 1. The Balaban J connectivity index is 0.00000364. The Morgan fingerprint density at radius 2 is 1.85 bits per heavy atom. The van der Waals surface area contributed by atoms with Crippen LogP contribution in [0.2, 0.25) is 0 Å². The van der Waals surface area contributed by atoms with Crippen molar-refractivity contribution in [3.05, 3.63) is 69.8 Å². The van der Waals surface area contributed by atoms with Crippen LogP contribution in [0, 0.1) is 17.0 Å². The van der Waals surface area contributed by atoms with Crippen molar-refractivity contribution >= 4 is 35.6 Å². The Bertz CT molecular complexity index is 766. The molecule has 0 saturated carbocycles. The Kier molecular flexibility index (Phi) is 9.55. The zero-order valence-electron chi connectivity index (χ0n) is 15.6. The van der Waals surface area contributed by atoms with Gasteiger partial charge in [-0.2, -0.15) is 0 Å². The first-order valence-electron chi connectivity index (χ1n) is 8.39. The summed E-state index contributed by atoms with van der Waals surface area (Å²) in [6.07, 6.45) is -0.0333. The molecule has 2 aromatic rings. The SMILES string of the molecule is CN=C(NCc1ccc([N+](=O)[O-])cc1)NCC(C)Oc1ccccc1C.I. The number of benzene rings is 2. The Morgan fingerprint density at radius 1 is 1.19 bits per heavy atom. The number of hydrogen-bond acceptors (Lipinski definition) is 4. The van der Waals surface area contributed by atoms with Gasteiger partial charge in [-0.25, -0.2) is 0 Å². The highest BCUT2D eigenvalue weighted by atomic mass is 127. The summed E-state index contributed by atoms with van der Waals surface area (Å²) in [6.45, 7) is 5.11. The van der Waals surface area contributed by atoms with Gasteiger partial charge in [0, 0.05) is 25.7 Å². The fourth-order valence-electron chi connectivity index (χ4n) is 2.33. The van der Waals surface area contributed by atoms with E-state index in [1.807, 2.05) is 38.1 Å². The molecule has 0 bridgehead atoms. The van der Waals surface area contributed by atoms with Crippen molar-refractivity contribution in [1.29, 1.82) is 0 Å². The standard InChI is InChI=1S/C19H24N4O3.HI/c1-14-6-4-5-7-18(14)26-15(2)12-21-19(20-3)22-13-16-8-10-17(11-9-16)23(24)25;/h4-11,15H,12-13H2,1-3H3,(H2,20,21,22);1H. The second kappa shape index (κ2) is 11.4. The van der Waals surface area contributed by atoms with Gasteiger partial charge in [-0.05, 0) is 31.0 Å². The van der Waals surface area contributed by atoms with Gasteiger partial charge in [0.1, 0.15) is 11.9 Å². The maximum Gasteiger partial charge on any atom is 0.269 e. The van der Waals surface area contributed by atoms with Gasteiger partial charge in [-0.1, -0.05) is 30.3 Å². The largest absolute Gasteiger partial charge is 0.489 e. The van der Waals surface area contributed by atoms with Crippen LogP contribution in [-0.4, -0.2) is 30.6 Å². The third-order valence-electron chi connectivity index (χ3n) is 3.81. The molecule has 7 nitrogen and oxygen atoms in total. The zero-order chi connectivity index (χ0) is 18.9. The van der Waals surface area contributed by atoms with Crippen LogP contribution in [0.5, 0.6) is 5.75 Å². The van der Waals surface area contributed by atoms with Crippen molar-refractivity contribution in [3.63, 3.8) is 0 Å². The van der Waals surface area contributed by atoms with Crippen molar-refractivity contribution in [1.82, 2.24) is 10.6 Å². The maximum absolute atomic E-state index is 10.7. The smallest absolute Gasteiger partial charge is 0.269 e. The quantitative estimate of drug-likeness (QED) is 0.206. The Hall–Kier alpha value is -2.36. The predicted molar refractivity (Wildman–Crippen MR) is 118 cm³/mol. The highest BCUT2D eigenvalue weighted by molar-refractivity contribution is 14.0. The minimum absolute atomic E-state index is 0. The number of rotatable bonds is 7. The second-order valence-electron chi connectivity index (χ2n) is 5.92. The van der Waals surface area contributed by atoms with Gasteiger partial charge in [0.15, 0.2) is 5.96 Å². The molecule has 0 radical (unpaired) electrons. The van der Waals surface area contributed by atoms with E-state index in [0.29, 0.717) is 19.0 Å². The molecule has 0 heterocycles. The van der Waals surface area contributed by atoms with Crippen molar-refractivity contribution in [2.45, 2.75) is 26.5 Å². The van der Waals surface area contributed by atoms with Crippen LogP contribution in [0.3, 0.4) is 0 Å². The zero-order valence-corrected chi connectivity index (χ0v) is 18.0. The van der Waals surface area contributed by atoms with E-state index in [4.69, 9.17) is 4.74 Å². The summed E-state index contributed by atoms with van der Waals surface area (Å²) < 4.78 is 5.93. The number of para-hydroxylation sites is 1. The summed E-state index contributed by atoms with van der Waals surface area (Å²) in [5, 5.41) is 17.1. The fourth-order valence-corrected chi connectivity index (χ4v) is 2.33. The highest BCUT2D eigenvalue weighted by Gasteiger charge is 2.08. The van der Waals surface area contributed by atoms with Crippen LogP contribution in [0.25, 0.3) is 0 Å². The van der Waals surface area contributed by atoms with Gasteiger partial charge in [-0.3, -0.25) is 15.1 Å². The summed E-state index contributed by atoms with van der Waals surface area (Å²) in [4.78, 5) is 14.4. The number of nitrogens with one attached hydrogen (secondary N) is 2. The summed E-state index contributed by atoms with van der Waals surface area (Å²) >= 11 is 0. The number of halogens is 1. The summed E-state index contributed by atoms with van der Waals surface area (Å²) in [5.74, 6) is 1.51. The molecule has 0 amide bonds. The third-order valence-corrected chi connectivity index (χ3v) is 3.81. The van der Waals surface area contributed by atoms with E-state index in [0.717, 1.165) is 16.9 Å². The van der Waals surface area contributed by atoms with Gasteiger partial charge in [0.2, 0.25) is 0 Å². The molecule has 0 aliphatic carbocycles. The Labute approximate surface area is 176 Å². The van der Waals surface area contributed by atoms with Gasteiger partial charge in [0.05, 0.1) is 11.5 Å². The van der Waals surface area contributed by atoms with E-state index < -0.39 is 4.92 Å². The predicted octanol–water partition coefficient (Wildman–Crippen LogP) is 3.65. The lowest BCUT2D eigenvalue weighted by atomic mass is 10.2. The van der Waals surface area contributed by atoms with E-state index in [1.54, 1.807) is 19.2 Å². The molecule has 2 N–H and O–H groups in total. The monoisotopic (exact) mass is 484 g/mol. The maximum atomic E-state index is 10.7. The molecule has 8 heteroatoms. The number of aliphatic imine (C=N–C) groups is 1. The molecule has 0 fully saturated rings. The number of nitro groups is 1. The molecule has 27 heavy (non-hydrogen) atoms. The number of guanidine groups is 1. The van der Waals surface area contributed by atoms with Crippen LogP contribution in [0.4, 0.5) is 5.69 Å². The van der Waals surface area contributed by atoms with Crippen LogP contribution in [-0.2, 0) is 6.54 Å². The molecule has 2 rings (SSSR count). The summed E-state index contributed by atoms with van der Waals surface area (Å²) in [6, 6.07) is 14.3. The van der Waals surface area contributed by atoms with E-state index in [1.165, 1.54) is 12.1 Å². The molecule has 0 spiro atoms. The van der Waals surface area contributed by atoms with E-state index >= 15 is 0 Å². The molecule has 1 unspecified atom stereocenters. The normalized spacial score (nSPS) is 11.9. The van der Waals surface area contributed by atoms with Crippen LogP contribution >= 0.6 is 24.0 Å². The van der Waals surface area contributed by atoms with Gasteiger partial charge < -0.3 is 15.4 Å². The molecular formula is C19H25IN4O3. The number of aryl methyl sites for hydroxylation is 1. The summed E-state index contributed by atoms with van der Waals surface area (Å²) in [5.41, 5.74) is 2.11. The number of non-ortho nitro benzene ring substituents is 1. The first-order valence-corrected chi connectivity index (χ1v) is 8.39. The number of nitrogens with zero attached hydrogens (tertiary/aromatic N) is 2. The average molecular weight is 484 g/mol. The molecule has 0 aliphatic rings. The lowest BCUT2D eigenvalue weighted by molar-refractivity contribution is -0.384. The molecule has 1 atom stereocenters.